The van der Waals surface area contributed by atoms with Crippen molar-refractivity contribution in [3.05, 3.63) is 52.3 Å². The van der Waals surface area contributed by atoms with E-state index < -0.39 is 0 Å². The zero-order valence-corrected chi connectivity index (χ0v) is 13.3. The lowest BCUT2D eigenvalue weighted by Gasteiger charge is -2.18. The third-order valence-electron chi connectivity index (χ3n) is 3.34. The molecule has 0 spiro atoms. The van der Waals surface area contributed by atoms with Gasteiger partial charge in [-0.15, -0.1) is 0 Å². The van der Waals surface area contributed by atoms with Gasteiger partial charge in [0.05, 0.1) is 0 Å². The third-order valence-corrected chi connectivity index (χ3v) is 4.03. The van der Waals surface area contributed by atoms with Gasteiger partial charge in [-0.05, 0) is 31.2 Å². The second-order valence-electron chi connectivity index (χ2n) is 4.75. The summed E-state index contributed by atoms with van der Waals surface area (Å²) in [5.41, 5.74) is 1.04. The van der Waals surface area contributed by atoms with Crippen molar-refractivity contribution >= 4 is 15.9 Å². The first-order chi connectivity index (χ1) is 9.65. The third kappa shape index (κ3) is 3.46. The fraction of sp³-hybridized carbons (Fsp3) is 0.400. The van der Waals surface area contributed by atoms with Crippen LogP contribution in [0.25, 0.3) is 0 Å². The molecule has 1 aromatic carbocycles. The van der Waals surface area contributed by atoms with E-state index in [1.807, 2.05) is 25.5 Å². The monoisotopic (exact) mass is 339 g/mol. The number of aryl methyl sites for hydroxylation is 1. The van der Waals surface area contributed by atoms with Crippen molar-refractivity contribution in [1.82, 2.24) is 14.9 Å². The Morgan fingerprint density at radius 2 is 2.25 bits per heavy atom. The van der Waals surface area contributed by atoms with Crippen LogP contribution < -0.4 is 5.32 Å². The molecule has 0 saturated heterocycles. The minimum Gasteiger partial charge on any atom is -0.335 e. The fourth-order valence-corrected chi connectivity index (χ4v) is 2.94. The van der Waals surface area contributed by atoms with Crippen molar-refractivity contribution in [2.45, 2.75) is 32.4 Å². The molecule has 1 heterocycles. The Kier molecular flexibility index (Phi) is 5.31. The summed E-state index contributed by atoms with van der Waals surface area (Å²) >= 11 is 3.43. The number of hydrogen-bond acceptors (Lipinski definition) is 2. The molecular weight excluding hydrogens is 321 g/mol. The van der Waals surface area contributed by atoms with E-state index >= 15 is 0 Å². The standard InChI is InChI=1S/C15H19BrFN3/c1-3-7-20-8-6-19-15(20)10-14(18-2)12-5-4-11(17)9-13(12)16/h4-6,8-9,14,18H,3,7,10H2,1-2H3. The molecule has 3 nitrogen and oxygen atoms in total. The molecule has 20 heavy (non-hydrogen) atoms. The molecule has 1 unspecified atom stereocenters. The Bertz CT molecular complexity index is 568. The van der Waals surface area contributed by atoms with Gasteiger partial charge in [0.1, 0.15) is 11.6 Å². The quantitative estimate of drug-likeness (QED) is 0.869. The van der Waals surface area contributed by atoms with E-state index in [0.717, 1.165) is 35.2 Å². The highest BCUT2D eigenvalue weighted by atomic mass is 79.9. The van der Waals surface area contributed by atoms with Crippen molar-refractivity contribution in [2.24, 2.45) is 0 Å². The van der Waals surface area contributed by atoms with Crippen molar-refractivity contribution in [3.8, 4) is 0 Å². The molecule has 0 saturated carbocycles. The second kappa shape index (κ2) is 6.99. The summed E-state index contributed by atoms with van der Waals surface area (Å²) in [5.74, 6) is 0.811. The first-order valence-corrected chi connectivity index (χ1v) is 7.57. The van der Waals surface area contributed by atoms with Crippen LogP contribution >= 0.6 is 15.9 Å². The molecule has 0 fully saturated rings. The molecule has 1 N–H and O–H groups in total. The van der Waals surface area contributed by atoms with Gasteiger partial charge in [-0.25, -0.2) is 9.37 Å². The number of halogens is 2. The van der Waals surface area contributed by atoms with Crippen LogP contribution in [0.3, 0.4) is 0 Å². The molecule has 1 aromatic heterocycles. The van der Waals surface area contributed by atoms with Gasteiger partial charge < -0.3 is 9.88 Å². The van der Waals surface area contributed by atoms with Crippen LogP contribution in [0.2, 0.25) is 0 Å². The highest BCUT2D eigenvalue weighted by Crippen LogP contribution is 2.26. The number of likely N-dealkylation sites (N-methyl/N-ethyl adjacent to an activating group) is 1. The molecule has 0 radical (unpaired) electrons. The Balaban J connectivity index is 2.22. The Labute approximate surface area is 127 Å². The van der Waals surface area contributed by atoms with E-state index in [4.69, 9.17) is 0 Å². The zero-order valence-electron chi connectivity index (χ0n) is 11.7. The second-order valence-corrected chi connectivity index (χ2v) is 5.60. The average molecular weight is 340 g/mol. The van der Waals surface area contributed by atoms with Crippen molar-refractivity contribution < 1.29 is 4.39 Å². The number of aromatic nitrogens is 2. The number of rotatable bonds is 6. The molecule has 1 atom stereocenters. The molecular formula is C15H19BrFN3. The molecule has 5 heteroatoms. The number of nitrogens with one attached hydrogen (secondary N) is 1. The number of hydrogen-bond donors (Lipinski definition) is 1. The van der Waals surface area contributed by atoms with E-state index in [2.05, 4.69) is 37.7 Å². The zero-order chi connectivity index (χ0) is 14.5. The molecule has 0 amide bonds. The van der Waals surface area contributed by atoms with Crippen LogP contribution in [-0.4, -0.2) is 16.6 Å². The molecule has 0 aliphatic heterocycles. The lowest BCUT2D eigenvalue weighted by Crippen LogP contribution is -2.21. The summed E-state index contributed by atoms with van der Waals surface area (Å²) in [5, 5.41) is 3.28. The largest absolute Gasteiger partial charge is 0.335 e. The van der Waals surface area contributed by atoms with E-state index in [1.54, 1.807) is 0 Å². The van der Waals surface area contributed by atoms with E-state index in [9.17, 15) is 4.39 Å². The smallest absolute Gasteiger partial charge is 0.124 e. The van der Waals surface area contributed by atoms with Gasteiger partial charge in [0.2, 0.25) is 0 Å². The van der Waals surface area contributed by atoms with Gasteiger partial charge >= 0.3 is 0 Å². The number of imidazole rings is 1. The summed E-state index contributed by atoms with van der Waals surface area (Å²) in [7, 11) is 1.91. The normalized spacial score (nSPS) is 12.6. The summed E-state index contributed by atoms with van der Waals surface area (Å²) < 4.78 is 16.1. The molecule has 0 aliphatic carbocycles. The van der Waals surface area contributed by atoms with Crippen molar-refractivity contribution in [2.75, 3.05) is 7.05 Å². The molecule has 2 aromatic rings. The van der Waals surface area contributed by atoms with Gasteiger partial charge in [-0.1, -0.05) is 28.9 Å². The number of benzene rings is 1. The highest BCUT2D eigenvalue weighted by molar-refractivity contribution is 9.10. The maximum atomic E-state index is 13.2. The van der Waals surface area contributed by atoms with Crippen LogP contribution in [0.5, 0.6) is 0 Å². The predicted molar refractivity (Wildman–Crippen MR) is 82.1 cm³/mol. The van der Waals surface area contributed by atoms with Crippen LogP contribution in [0.1, 0.15) is 30.8 Å². The van der Waals surface area contributed by atoms with Crippen LogP contribution in [0, 0.1) is 5.82 Å². The topological polar surface area (TPSA) is 29.9 Å². The van der Waals surface area contributed by atoms with Crippen LogP contribution in [0.15, 0.2) is 35.1 Å². The SMILES string of the molecule is CCCn1ccnc1CC(NC)c1ccc(F)cc1Br. The Hall–Kier alpha value is -1.20. The molecule has 0 aliphatic rings. The van der Waals surface area contributed by atoms with Gasteiger partial charge in [-0.2, -0.15) is 0 Å². The van der Waals surface area contributed by atoms with Gasteiger partial charge in [0.25, 0.3) is 0 Å². The van der Waals surface area contributed by atoms with E-state index in [-0.39, 0.29) is 11.9 Å². The van der Waals surface area contributed by atoms with Crippen molar-refractivity contribution in [3.63, 3.8) is 0 Å². The Morgan fingerprint density at radius 1 is 1.45 bits per heavy atom. The van der Waals surface area contributed by atoms with E-state index in [0.29, 0.717) is 0 Å². The van der Waals surface area contributed by atoms with Gasteiger partial charge in [0.15, 0.2) is 0 Å². The van der Waals surface area contributed by atoms with Crippen LogP contribution in [-0.2, 0) is 13.0 Å². The molecule has 2 rings (SSSR count). The molecule has 108 valence electrons. The lowest BCUT2D eigenvalue weighted by molar-refractivity contribution is 0.539. The lowest BCUT2D eigenvalue weighted by atomic mass is 10.0. The van der Waals surface area contributed by atoms with Crippen molar-refractivity contribution in [1.29, 1.82) is 0 Å². The summed E-state index contributed by atoms with van der Waals surface area (Å²) in [6.45, 7) is 3.12. The summed E-state index contributed by atoms with van der Waals surface area (Å²) in [4.78, 5) is 4.43. The predicted octanol–water partition coefficient (Wildman–Crippen LogP) is 3.70. The maximum absolute atomic E-state index is 13.2. The summed E-state index contributed by atoms with van der Waals surface area (Å²) in [6.07, 6.45) is 5.68. The highest BCUT2D eigenvalue weighted by Gasteiger charge is 2.16. The van der Waals surface area contributed by atoms with Gasteiger partial charge in [-0.3, -0.25) is 0 Å². The Morgan fingerprint density at radius 3 is 2.90 bits per heavy atom. The fourth-order valence-electron chi connectivity index (χ4n) is 2.31. The minimum absolute atomic E-state index is 0.1000. The summed E-state index contributed by atoms with van der Waals surface area (Å²) in [6, 6.07) is 4.90. The van der Waals surface area contributed by atoms with Gasteiger partial charge in [0, 0.05) is 35.9 Å². The first-order valence-electron chi connectivity index (χ1n) is 6.78. The minimum atomic E-state index is -0.233. The molecule has 0 bridgehead atoms. The maximum Gasteiger partial charge on any atom is 0.124 e. The average Bonchev–Trinajstić information content (AvgIpc) is 2.84. The van der Waals surface area contributed by atoms with E-state index in [1.165, 1.54) is 12.1 Å². The first kappa shape index (κ1) is 15.2. The number of nitrogens with zero attached hydrogens (tertiary/aromatic N) is 2. The van der Waals surface area contributed by atoms with Crippen LogP contribution in [0.4, 0.5) is 4.39 Å².